The molecule has 2 heterocycles. The Morgan fingerprint density at radius 2 is 1.88 bits per heavy atom. The SMILES string of the molecule is CCC(C)N(Cc1c(-c2ccccc2F)noc1N1CCOCC1)C(=O)c1ccc(Cl)cc1. The number of amides is 1. The number of rotatable bonds is 7. The van der Waals surface area contributed by atoms with Gasteiger partial charge in [0, 0.05) is 35.3 Å². The third-order valence-corrected chi connectivity index (χ3v) is 6.25. The van der Waals surface area contributed by atoms with Crippen LogP contribution in [-0.4, -0.2) is 48.3 Å². The van der Waals surface area contributed by atoms with Gasteiger partial charge in [0.1, 0.15) is 11.5 Å². The molecule has 8 heteroatoms. The van der Waals surface area contributed by atoms with E-state index in [0.717, 1.165) is 6.42 Å². The standard InChI is InChI=1S/C25H27ClFN3O3/c1-3-17(2)30(24(31)18-8-10-19(26)11-9-18)16-21-23(20-6-4-5-7-22(20)27)28-33-25(21)29-12-14-32-15-13-29/h4-11,17H,3,12-16H2,1-2H3. The molecule has 0 N–H and O–H groups in total. The van der Waals surface area contributed by atoms with Crippen molar-refractivity contribution in [3.63, 3.8) is 0 Å². The number of aromatic nitrogens is 1. The van der Waals surface area contributed by atoms with Crippen molar-refractivity contribution in [2.45, 2.75) is 32.9 Å². The molecule has 1 aliphatic heterocycles. The van der Waals surface area contributed by atoms with Gasteiger partial charge in [-0.3, -0.25) is 4.79 Å². The molecule has 0 saturated carbocycles. The van der Waals surface area contributed by atoms with Crippen molar-refractivity contribution in [3.8, 4) is 11.3 Å². The second-order valence-electron chi connectivity index (χ2n) is 8.09. The Hall–Kier alpha value is -2.90. The van der Waals surface area contributed by atoms with Crippen molar-refractivity contribution in [1.29, 1.82) is 0 Å². The van der Waals surface area contributed by atoms with Crippen molar-refractivity contribution in [2.24, 2.45) is 0 Å². The van der Waals surface area contributed by atoms with E-state index < -0.39 is 0 Å². The first kappa shape index (κ1) is 23.3. The number of morpholine rings is 1. The van der Waals surface area contributed by atoms with E-state index in [4.69, 9.17) is 20.9 Å². The van der Waals surface area contributed by atoms with Crippen LogP contribution < -0.4 is 4.90 Å². The molecule has 33 heavy (non-hydrogen) atoms. The van der Waals surface area contributed by atoms with Gasteiger partial charge in [-0.1, -0.05) is 35.8 Å². The van der Waals surface area contributed by atoms with Crippen molar-refractivity contribution >= 4 is 23.4 Å². The summed E-state index contributed by atoms with van der Waals surface area (Å²) in [5.74, 6) is 0.0306. The number of carbonyl (C=O) groups excluding carboxylic acids is 1. The molecule has 3 aromatic rings. The van der Waals surface area contributed by atoms with E-state index in [1.54, 1.807) is 47.4 Å². The highest BCUT2D eigenvalue weighted by atomic mass is 35.5. The Balaban J connectivity index is 1.76. The van der Waals surface area contributed by atoms with Gasteiger partial charge >= 0.3 is 0 Å². The van der Waals surface area contributed by atoms with Gasteiger partial charge in [0.15, 0.2) is 0 Å². The molecular formula is C25H27ClFN3O3. The first-order valence-corrected chi connectivity index (χ1v) is 11.5. The van der Waals surface area contributed by atoms with Gasteiger partial charge in [0.2, 0.25) is 5.88 Å². The van der Waals surface area contributed by atoms with E-state index in [0.29, 0.717) is 59.6 Å². The van der Waals surface area contributed by atoms with Gasteiger partial charge < -0.3 is 19.1 Å². The fraction of sp³-hybridized carbons (Fsp3) is 0.360. The van der Waals surface area contributed by atoms with Gasteiger partial charge in [-0.15, -0.1) is 0 Å². The summed E-state index contributed by atoms with van der Waals surface area (Å²) < 4.78 is 26.0. The molecule has 0 bridgehead atoms. The maximum atomic E-state index is 14.7. The molecule has 1 aliphatic rings. The topological polar surface area (TPSA) is 58.8 Å². The van der Waals surface area contributed by atoms with E-state index >= 15 is 0 Å². The van der Waals surface area contributed by atoms with E-state index in [2.05, 4.69) is 5.16 Å². The molecule has 0 spiro atoms. The summed E-state index contributed by atoms with van der Waals surface area (Å²) in [5, 5.41) is 4.82. The molecule has 6 nitrogen and oxygen atoms in total. The van der Waals surface area contributed by atoms with E-state index in [-0.39, 0.29) is 24.3 Å². The van der Waals surface area contributed by atoms with Crippen LogP contribution in [0, 0.1) is 5.82 Å². The Labute approximate surface area is 197 Å². The highest BCUT2D eigenvalue weighted by molar-refractivity contribution is 6.30. The predicted octanol–water partition coefficient (Wildman–Crippen LogP) is 5.41. The molecule has 1 atom stereocenters. The van der Waals surface area contributed by atoms with Gasteiger partial charge in [-0.25, -0.2) is 4.39 Å². The summed E-state index contributed by atoms with van der Waals surface area (Å²) in [6.07, 6.45) is 0.756. The fourth-order valence-electron chi connectivity index (χ4n) is 3.90. The van der Waals surface area contributed by atoms with Crippen LogP contribution in [-0.2, 0) is 11.3 Å². The average molecular weight is 472 g/mol. The molecule has 0 aliphatic carbocycles. The minimum atomic E-state index is -0.389. The summed E-state index contributed by atoms with van der Waals surface area (Å²) in [6.45, 7) is 6.65. The molecular weight excluding hydrogens is 445 g/mol. The number of nitrogens with zero attached hydrogens (tertiary/aromatic N) is 3. The van der Waals surface area contributed by atoms with Crippen LogP contribution in [0.25, 0.3) is 11.3 Å². The molecule has 174 valence electrons. The number of carbonyl (C=O) groups is 1. The number of hydrogen-bond donors (Lipinski definition) is 0. The van der Waals surface area contributed by atoms with Crippen LogP contribution in [0.2, 0.25) is 5.02 Å². The highest BCUT2D eigenvalue weighted by Crippen LogP contribution is 2.35. The lowest BCUT2D eigenvalue weighted by Gasteiger charge is -2.31. The lowest BCUT2D eigenvalue weighted by Crippen LogP contribution is -2.39. The van der Waals surface area contributed by atoms with E-state index in [1.165, 1.54) is 6.07 Å². The van der Waals surface area contributed by atoms with Crippen molar-refractivity contribution in [1.82, 2.24) is 10.1 Å². The lowest BCUT2D eigenvalue weighted by molar-refractivity contribution is 0.0671. The molecule has 0 radical (unpaired) electrons. The van der Waals surface area contributed by atoms with Crippen molar-refractivity contribution in [3.05, 3.63) is 70.5 Å². The molecule has 1 unspecified atom stereocenters. The summed E-state index contributed by atoms with van der Waals surface area (Å²) in [5.41, 5.74) is 1.98. The molecule has 1 aromatic heterocycles. The maximum absolute atomic E-state index is 14.7. The Bertz CT molecular complexity index is 1100. The van der Waals surface area contributed by atoms with Crippen molar-refractivity contribution in [2.75, 3.05) is 31.2 Å². The number of hydrogen-bond acceptors (Lipinski definition) is 5. The van der Waals surface area contributed by atoms with Crippen molar-refractivity contribution < 1.29 is 18.4 Å². The third-order valence-electron chi connectivity index (χ3n) is 6.00. The number of anilines is 1. The zero-order chi connectivity index (χ0) is 23.4. The van der Waals surface area contributed by atoms with Crippen LogP contribution in [0.15, 0.2) is 53.1 Å². The zero-order valence-corrected chi connectivity index (χ0v) is 19.5. The fourth-order valence-corrected chi connectivity index (χ4v) is 4.03. The van der Waals surface area contributed by atoms with Gasteiger partial charge in [0.25, 0.3) is 5.91 Å². The highest BCUT2D eigenvalue weighted by Gasteiger charge is 2.30. The molecule has 4 rings (SSSR count). The second kappa shape index (κ2) is 10.4. The smallest absolute Gasteiger partial charge is 0.254 e. The summed E-state index contributed by atoms with van der Waals surface area (Å²) in [4.78, 5) is 17.3. The normalized spacial score (nSPS) is 14.8. The maximum Gasteiger partial charge on any atom is 0.254 e. The Morgan fingerprint density at radius 1 is 1.18 bits per heavy atom. The number of benzene rings is 2. The van der Waals surface area contributed by atoms with Crippen LogP contribution >= 0.6 is 11.6 Å². The molecule has 1 saturated heterocycles. The molecule has 2 aromatic carbocycles. The van der Waals surface area contributed by atoms with Gasteiger partial charge in [-0.05, 0) is 49.7 Å². The van der Waals surface area contributed by atoms with E-state index in [1.807, 2.05) is 18.7 Å². The summed E-state index contributed by atoms with van der Waals surface area (Å²) >= 11 is 6.01. The monoisotopic (exact) mass is 471 g/mol. The summed E-state index contributed by atoms with van der Waals surface area (Å²) in [6, 6.07) is 13.2. The second-order valence-corrected chi connectivity index (χ2v) is 8.53. The quantitative estimate of drug-likeness (QED) is 0.461. The van der Waals surface area contributed by atoms with Crippen LogP contribution in [0.4, 0.5) is 10.3 Å². The van der Waals surface area contributed by atoms with E-state index in [9.17, 15) is 9.18 Å². The Kier molecular flexibility index (Phi) is 7.30. The average Bonchev–Trinajstić information content (AvgIpc) is 3.26. The van der Waals surface area contributed by atoms with Gasteiger partial charge in [0.05, 0.1) is 25.3 Å². The number of halogens is 2. The minimum absolute atomic E-state index is 0.0610. The van der Waals surface area contributed by atoms with Crippen LogP contribution in [0.5, 0.6) is 0 Å². The third kappa shape index (κ3) is 5.04. The van der Waals surface area contributed by atoms with Crippen LogP contribution in [0.3, 0.4) is 0 Å². The minimum Gasteiger partial charge on any atom is -0.378 e. The van der Waals surface area contributed by atoms with Gasteiger partial charge in [-0.2, -0.15) is 0 Å². The summed E-state index contributed by atoms with van der Waals surface area (Å²) in [7, 11) is 0. The van der Waals surface area contributed by atoms with Crippen LogP contribution in [0.1, 0.15) is 36.2 Å². The Morgan fingerprint density at radius 3 is 2.55 bits per heavy atom. The molecule has 1 amide bonds. The largest absolute Gasteiger partial charge is 0.378 e. The lowest BCUT2D eigenvalue weighted by atomic mass is 10.0. The number of ether oxygens (including phenoxy) is 1. The zero-order valence-electron chi connectivity index (χ0n) is 18.8. The first-order chi connectivity index (χ1) is 16.0. The predicted molar refractivity (Wildman–Crippen MR) is 126 cm³/mol. The first-order valence-electron chi connectivity index (χ1n) is 11.1. The molecule has 1 fully saturated rings.